The van der Waals surface area contributed by atoms with Gasteiger partial charge in [0.25, 0.3) is 0 Å². The fourth-order valence-corrected chi connectivity index (χ4v) is 5.44. The first-order valence-electron chi connectivity index (χ1n) is 10.5. The van der Waals surface area contributed by atoms with Gasteiger partial charge >= 0.3 is 0 Å². The summed E-state index contributed by atoms with van der Waals surface area (Å²) >= 11 is 0. The number of phenolic OH excluding ortho intramolecular Hbond substituents is 3. The summed E-state index contributed by atoms with van der Waals surface area (Å²) in [6.45, 7) is 10.4. The molecule has 4 rings (SSSR count). The lowest BCUT2D eigenvalue weighted by Crippen LogP contribution is -2.39. The van der Waals surface area contributed by atoms with Crippen LogP contribution in [0.3, 0.4) is 0 Å². The molecule has 0 saturated heterocycles. The van der Waals surface area contributed by atoms with E-state index < -0.39 is 10.8 Å². The first-order chi connectivity index (χ1) is 14.1. The molecule has 0 fully saturated rings. The predicted molar refractivity (Wildman–Crippen MR) is 121 cm³/mol. The minimum Gasteiger partial charge on any atom is -0.508 e. The Morgan fingerprint density at radius 2 is 1.03 bits per heavy atom. The van der Waals surface area contributed by atoms with Crippen molar-refractivity contribution in [3.05, 3.63) is 87.5 Å². The number of hydrogen-bond acceptors (Lipinski definition) is 3. The number of rotatable bonds is 2. The van der Waals surface area contributed by atoms with Crippen molar-refractivity contribution in [2.45, 2.75) is 58.3 Å². The lowest BCUT2D eigenvalue weighted by atomic mass is 9.56. The van der Waals surface area contributed by atoms with Crippen LogP contribution >= 0.6 is 0 Å². The van der Waals surface area contributed by atoms with Crippen LogP contribution in [-0.4, -0.2) is 15.3 Å². The number of aromatic hydroxyl groups is 3. The van der Waals surface area contributed by atoms with Crippen molar-refractivity contribution in [1.82, 2.24) is 0 Å². The standard InChI is InChI=1S/C27H30O3/c1-16-6-9-21(28)19(14-16)26(4)12-13-27(5,20-15-17(2)7-10-22(20)29)25-23(30)11-8-18(3)24(25)26/h6-11,14-15,28-30H,12-13H2,1-5H3/t26-,27+/m1/s1. The Morgan fingerprint density at radius 3 is 1.53 bits per heavy atom. The van der Waals surface area contributed by atoms with E-state index in [0.717, 1.165) is 51.8 Å². The maximum atomic E-state index is 11.1. The molecule has 156 valence electrons. The van der Waals surface area contributed by atoms with Gasteiger partial charge in [0.2, 0.25) is 0 Å². The summed E-state index contributed by atoms with van der Waals surface area (Å²) in [5, 5.41) is 32.6. The van der Waals surface area contributed by atoms with E-state index in [9.17, 15) is 15.3 Å². The van der Waals surface area contributed by atoms with Gasteiger partial charge in [0.15, 0.2) is 0 Å². The van der Waals surface area contributed by atoms with Crippen LogP contribution < -0.4 is 0 Å². The van der Waals surface area contributed by atoms with Gasteiger partial charge in [-0.3, -0.25) is 0 Å². The Labute approximate surface area is 178 Å². The second kappa shape index (κ2) is 6.80. The number of phenols is 3. The van der Waals surface area contributed by atoms with Gasteiger partial charge in [-0.25, -0.2) is 0 Å². The summed E-state index contributed by atoms with van der Waals surface area (Å²) in [6, 6.07) is 15.1. The third kappa shape index (κ3) is 2.87. The highest BCUT2D eigenvalue weighted by molar-refractivity contribution is 5.63. The topological polar surface area (TPSA) is 60.7 Å². The smallest absolute Gasteiger partial charge is 0.119 e. The average molecular weight is 403 g/mol. The summed E-state index contributed by atoms with van der Waals surface area (Å²) in [6.07, 6.45) is 1.52. The van der Waals surface area contributed by atoms with E-state index in [1.807, 2.05) is 38.1 Å². The first-order valence-corrected chi connectivity index (χ1v) is 10.5. The number of aryl methyl sites for hydroxylation is 3. The van der Waals surface area contributed by atoms with Gasteiger partial charge in [-0.1, -0.05) is 55.3 Å². The van der Waals surface area contributed by atoms with Crippen molar-refractivity contribution >= 4 is 0 Å². The second-order valence-electron chi connectivity index (χ2n) is 9.36. The number of fused-ring (bicyclic) bond motifs is 1. The van der Waals surface area contributed by atoms with E-state index >= 15 is 0 Å². The third-order valence-corrected chi connectivity index (χ3v) is 7.11. The molecular formula is C27H30O3. The molecule has 3 nitrogen and oxygen atoms in total. The molecule has 0 spiro atoms. The Hall–Kier alpha value is -2.94. The van der Waals surface area contributed by atoms with E-state index in [4.69, 9.17) is 0 Å². The van der Waals surface area contributed by atoms with Crippen LogP contribution in [0.5, 0.6) is 17.2 Å². The van der Waals surface area contributed by atoms with Gasteiger partial charge < -0.3 is 15.3 Å². The van der Waals surface area contributed by atoms with Crippen LogP contribution in [0.4, 0.5) is 0 Å². The molecule has 0 unspecified atom stereocenters. The maximum absolute atomic E-state index is 11.1. The van der Waals surface area contributed by atoms with Gasteiger partial charge in [0.1, 0.15) is 17.2 Å². The van der Waals surface area contributed by atoms with E-state index in [1.165, 1.54) is 0 Å². The molecule has 0 aliphatic heterocycles. The highest BCUT2D eigenvalue weighted by atomic mass is 16.3. The average Bonchev–Trinajstić information content (AvgIpc) is 2.70. The lowest BCUT2D eigenvalue weighted by molar-refractivity contribution is 0.332. The van der Waals surface area contributed by atoms with Crippen molar-refractivity contribution < 1.29 is 15.3 Å². The highest BCUT2D eigenvalue weighted by Crippen LogP contribution is 2.57. The molecule has 30 heavy (non-hydrogen) atoms. The van der Waals surface area contributed by atoms with Crippen LogP contribution in [0.1, 0.15) is 65.6 Å². The van der Waals surface area contributed by atoms with Crippen molar-refractivity contribution in [2.24, 2.45) is 0 Å². The zero-order valence-electron chi connectivity index (χ0n) is 18.4. The molecule has 0 amide bonds. The van der Waals surface area contributed by atoms with Crippen LogP contribution in [0.2, 0.25) is 0 Å². The molecule has 0 radical (unpaired) electrons. The first kappa shape index (κ1) is 20.3. The predicted octanol–water partition coefficient (Wildman–Crippen LogP) is 6.13. The Kier molecular flexibility index (Phi) is 4.61. The van der Waals surface area contributed by atoms with Crippen molar-refractivity contribution in [1.29, 1.82) is 0 Å². The Bertz CT molecular complexity index is 1060. The van der Waals surface area contributed by atoms with Gasteiger partial charge in [-0.05, 0) is 62.9 Å². The fourth-order valence-electron chi connectivity index (χ4n) is 5.44. The van der Waals surface area contributed by atoms with Crippen LogP contribution in [-0.2, 0) is 10.8 Å². The van der Waals surface area contributed by atoms with Crippen molar-refractivity contribution in [3.63, 3.8) is 0 Å². The molecule has 0 aromatic heterocycles. The van der Waals surface area contributed by atoms with Gasteiger partial charge in [-0.15, -0.1) is 0 Å². The second-order valence-corrected chi connectivity index (χ2v) is 9.36. The molecule has 2 atom stereocenters. The third-order valence-electron chi connectivity index (χ3n) is 7.11. The summed E-state index contributed by atoms with van der Waals surface area (Å²) in [5.74, 6) is 0.757. The molecule has 3 aromatic carbocycles. The van der Waals surface area contributed by atoms with Crippen LogP contribution in [0, 0.1) is 20.8 Å². The van der Waals surface area contributed by atoms with E-state index in [1.54, 1.807) is 18.2 Å². The maximum Gasteiger partial charge on any atom is 0.119 e. The summed E-state index contributed by atoms with van der Waals surface area (Å²) in [7, 11) is 0. The Morgan fingerprint density at radius 1 is 0.600 bits per heavy atom. The van der Waals surface area contributed by atoms with Gasteiger partial charge in [0.05, 0.1) is 0 Å². The van der Waals surface area contributed by atoms with E-state index in [-0.39, 0.29) is 17.2 Å². The molecule has 3 aromatic rings. The molecule has 0 saturated carbocycles. The molecule has 0 heterocycles. The zero-order valence-corrected chi connectivity index (χ0v) is 18.4. The SMILES string of the molecule is Cc1ccc(O)c([C@]2(C)CC[C@](C)(c3cc(C)ccc3O)c3c(C)ccc(O)c32)c1. The molecular weight excluding hydrogens is 372 g/mol. The minimum atomic E-state index is -0.541. The quantitative estimate of drug-likeness (QED) is 0.483. The summed E-state index contributed by atoms with van der Waals surface area (Å²) in [5.41, 5.74) is 5.84. The van der Waals surface area contributed by atoms with Crippen LogP contribution in [0.15, 0.2) is 48.5 Å². The minimum absolute atomic E-state index is 0.233. The largest absolute Gasteiger partial charge is 0.508 e. The van der Waals surface area contributed by atoms with Gasteiger partial charge in [0, 0.05) is 27.5 Å². The molecule has 1 aliphatic rings. The lowest BCUT2D eigenvalue weighted by Gasteiger charge is -2.47. The van der Waals surface area contributed by atoms with Gasteiger partial charge in [-0.2, -0.15) is 0 Å². The van der Waals surface area contributed by atoms with E-state index in [0.29, 0.717) is 0 Å². The molecule has 0 bridgehead atoms. The molecule has 3 heteroatoms. The molecule has 1 aliphatic carbocycles. The summed E-state index contributed by atoms with van der Waals surface area (Å²) in [4.78, 5) is 0. The number of hydrogen-bond donors (Lipinski definition) is 3. The normalized spacial score (nSPS) is 23.2. The number of benzene rings is 3. The van der Waals surface area contributed by atoms with E-state index in [2.05, 4.69) is 26.8 Å². The van der Waals surface area contributed by atoms with Crippen molar-refractivity contribution in [2.75, 3.05) is 0 Å². The zero-order chi connectivity index (χ0) is 21.8. The fraction of sp³-hybridized carbons (Fsp3) is 0.333. The highest BCUT2D eigenvalue weighted by Gasteiger charge is 2.48. The summed E-state index contributed by atoms with van der Waals surface area (Å²) < 4.78 is 0. The monoisotopic (exact) mass is 402 g/mol. The van der Waals surface area contributed by atoms with Crippen LogP contribution in [0.25, 0.3) is 0 Å². The van der Waals surface area contributed by atoms with Crippen molar-refractivity contribution in [3.8, 4) is 17.2 Å². The molecule has 3 N–H and O–H groups in total. The Balaban J connectivity index is 2.06.